The van der Waals surface area contributed by atoms with Crippen molar-refractivity contribution in [2.45, 2.75) is 18.5 Å². The van der Waals surface area contributed by atoms with Crippen molar-refractivity contribution in [3.8, 4) is 0 Å². The van der Waals surface area contributed by atoms with Gasteiger partial charge >= 0.3 is 0 Å². The number of nitrogens with zero attached hydrogens (tertiary/aromatic N) is 1. The largest absolute Gasteiger partial charge is 0.335 e. The van der Waals surface area contributed by atoms with Gasteiger partial charge in [-0.25, -0.2) is 18.1 Å². The molecule has 2 aromatic rings. The Kier molecular flexibility index (Phi) is 3.26. The molecule has 6 heteroatoms. The van der Waals surface area contributed by atoms with E-state index in [1.807, 2.05) is 31.2 Å². The molecule has 2 N–H and O–H groups in total. The molecule has 5 nitrogen and oxygen atoms in total. The summed E-state index contributed by atoms with van der Waals surface area (Å²) in [5.41, 5.74) is 2.06. The number of hydrogen-bond donors (Lipinski definition) is 2. The number of aryl methyl sites for hydroxylation is 1. The zero-order valence-corrected chi connectivity index (χ0v) is 10.2. The van der Waals surface area contributed by atoms with Crippen LogP contribution in [0, 0.1) is 6.92 Å². The first-order valence-electron chi connectivity index (χ1n) is 5.11. The van der Waals surface area contributed by atoms with Crippen molar-refractivity contribution in [2.24, 2.45) is 0 Å². The summed E-state index contributed by atoms with van der Waals surface area (Å²) < 4.78 is 26.0. The molecule has 0 radical (unpaired) electrons. The van der Waals surface area contributed by atoms with Crippen LogP contribution in [0.15, 0.2) is 41.8 Å². The van der Waals surface area contributed by atoms with Gasteiger partial charge in [0.05, 0.1) is 12.5 Å². The highest BCUT2D eigenvalue weighted by molar-refractivity contribution is 7.89. The molecule has 0 saturated heterocycles. The van der Waals surface area contributed by atoms with Gasteiger partial charge in [-0.1, -0.05) is 29.8 Å². The highest BCUT2D eigenvalue weighted by Gasteiger charge is 2.14. The number of hydrogen-bond acceptors (Lipinski definition) is 3. The molecule has 0 saturated carbocycles. The second kappa shape index (κ2) is 4.68. The van der Waals surface area contributed by atoms with Gasteiger partial charge in [0.25, 0.3) is 10.0 Å². The van der Waals surface area contributed by atoms with E-state index in [1.54, 1.807) is 0 Å². The minimum atomic E-state index is -3.49. The summed E-state index contributed by atoms with van der Waals surface area (Å²) in [5, 5.41) is 0.0737. The molecule has 0 aliphatic carbocycles. The summed E-state index contributed by atoms with van der Waals surface area (Å²) >= 11 is 0. The monoisotopic (exact) mass is 251 g/mol. The van der Waals surface area contributed by atoms with Gasteiger partial charge in [0.15, 0.2) is 5.03 Å². The lowest BCUT2D eigenvalue weighted by atomic mass is 10.2. The molecule has 0 spiro atoms. The highest BCUT2D eigenvalue weighted by atomic mass is 32.2. The zero-order chi connectivity index (χ0) is 12.3. The van der Waals surface area contributed by atoms with E-state index < -0.39 is 10.0 Å². The first-order chi connectivity index (χ1) is 8.08. The van der Waals surface area contributed by atoms with Crippen LogP contribution in [0.3, 0.4) is 0 Å². The van der Waals surface area contributed by atoms with E-state index >= 15 is 0 Å². The van der Waals surface area contributed by atoms with Crippen LogP contribution in [0.5, 0.6) is 0 Å². The molecule has 0 bridgehead atoms. The molecule has 0 amide bonds. The molecule has 0 fully saturated rings. The van der Waals surface area contributed by atoms with Crippen molar-refractivity contribution in [2.75, 3.05) is 0 Å². The van der Waals surface area contributed by atoms with Gasteiger partial charge in [0.2, 0.25) is 0 Å². The second-order valence-electron chi connectivity index (χ2n) is 3.73. The van der Waals surface area contributed by atoms with Gasteiger partial charge in [-0.15, -0.1) is 0 Å². The van der Waals surface area contributed by atoms with E-state index in [-0.39, 0.29) is 11.6 Å². The molecule has 1 heterocycles. The van der Waals surface area contributed by atoms with E-state index in [2.05, 4.69) is 14.7 Å². The number of H-pyrrole nitrogens is 1. The molecule has 2 rings (SSSR count). The van der Waals surface area contributed by atoms with Crippen molar-refractivity contribution >= 4 is 10.0 Å². The van der Waals surface area contributed by atoms with Crippen LogP contribution in [0.25, 0.3) is 0 Å². The third-order valence-corrected chi connectivity index (χ3v) is 3.68. The van der Waals surface area contributed by atoms with Gasteiger partial charge < -0.3 is 4.98 Å². The van der Waals surface area contributed by atoms with E-state index in [0.717, 1.165) is 11.1 Å². The number of benzene rings is 1. The quantitative estimate of drug-likeness (QED) is 0.857. The lowest BCUT2D eigenvalue weighted by Crippen LogP contribution is -2.23. The minimum Gasteiger partial charge on any atom is -0.335 e. The first-order valence-corrected chi connectivity index (χ1v) is 6.60. The Balaban J connectivity index is 2.06. The Morgan fingerprint density at radius 1 is 1.29 bits per heavy atom. The molecular weight excluding hydrogens is 238 g/mol. The molecule has 90 valence electrons. The summed E-state index contributed by atoms with van der Waals surface area (Å²) in [6, 6.07) is 7.68. The zero-order valence-electron chi connectivity index (χ0n) is 9.34. The molecule has 0 unspecified atom stereocenters. The van der Waals surface area contributed by atoms with Crippen LogP contribution in [0.4, 0.5) is 0 Å². The summed E-state index contributed by atoms with van der Waals surface area (Å²) in [5.74, 6) is 0. The Morgan fingerprint density at radius 3 is 2.59 bits per heavy atom. The molecule has 0 aliphatic rings. The van der Waals surface area contributed by atoms with E-state index in [1.165, 1.54) is 12.5 Å². The predicted octanol–water partition coefficient (Wildman–Crippen LogP) is 1.20. The normalized spacial score (nSPS) is 11.6. The smallest absolute Gasteiger partial charge is 0.257 e. The third-order valence-electron chi connectivity index (χ3n) is 2.35. The number of aromatic nitrogens is 2. The van der Waals surface area contributed by atoms with Crippen LogP contribution in [-0.4, -0.2) is 18.4 Å². The van der Waals surface area contributed by atoms with Crippen molar-refractivity contribution in [1.29, 1.82) is 0 Å². The fraction of sp³-hybridized carbons (Fsp3) is 0.182. The maximum atomic E-state index is 11.8. The number of nitrogens with one attached hydrogen (secondary N) is 2. The minimum absolute atomic E-state index is 0.0737. The van der Waals surface area contributed by atoms with Gasteiger partial charge in [0, 0.05) is 6.54 Å². The highest BCUT2D eigenvalue weighted by Crippen LogP contribution is 2.06. The third kappa shape index (κ3) is 2.92. The molecule has 1 aromatic heterocycles. The summed E-state index contributed by atoms with van der Waals surface area (Å²) in [6.07, 6.45) is 2.61. The van der Waals surface area contributed by atoms with Crippen molar-refractivity contribution in [1.82, 2.24) is 14.7 Å². The lowest BCUT2D eigenvalue weighted by molar-refractivity contribution is 0.578. The molecule has 1 aromatic carbocycles. The Labute approximate surface area is 100.0 Å². The summed E-state index contributed by atoms with van der Waals surface area (Å²) in [7, 11) is -3.49. The Morgan fingerprint density at radius 2 is 2.00 bits per heavy atom. The molecule has 0 aliphatic heterocycles. The van der Waals surface area contributed by atoms with E-state index in [4.69, 9.17) is 0 Å². The SMILES string of the molecule is Cc1ccc(CNS(=O)(=O)c2cnc[nH]2)cc1. The van der Waals surface area contributed by atoms with Crippen LogP contribution in [-0.2, 0) is 16.6 Å². The lowest BCUT2D eigenvalue weighted by Gasteiger charge is -2.04. The van der Waals surface area contributed by atoms with E-state index in [9.17, 15) is 8.42 Å². The Hall–Kier alpha value is -1.66. The van der Waals surface area contributed by atoms with Gasteiger partial charge in [-0.2, -0.15) is 0 Å². The van der Waals surface area contributed by atoms with Crippen molar-refractivity contribution in [3.63, 3.8) is 0 Å². The van der Waals surface area contributed by atoms with Crippen LogP contribution < -0.4 is 4.72 Å². The number of sulfonamides is 1. The first kappa shape index (κ1) is 11.8. The standard InChI is InChI=1S/C11H13N3O2S/c1-9-2-4-10(5-3-9)6-14-17(15,16)11-7-12-8-13-11/h2-5,7-8,14H,6H2,1H3,(H,12,13). The number of imidazole rings is 1. The maximum Gasteiger partial charge on any atom is 0.257 e. The van der Waals surface area contributed by atoms with Gasteiger partial charge in [0.1, 0.15) is 0 Å². The summed E-state index contributed by atoms with van der Waals surface area (Å²) in [4.78, 5) is 6.24. The molecule has 0 atom stereocenters. The number of rotatable bonds is 4. The van der Waals surface area contributed by atoms with Gasteiger partial charge in [-0.05, 0) is 12.5 Å². The summed E-state index contributed by atoms with van der Waals surface area (Å²) in [6.45, 7) is 2.25. The van der Waals surface area contributed by atoms with Crippen molar-refractivity contribution in [3.05, 3.63) is 47.9 Å². The molecule has 17 heavy (non-hydrogen) atoms. The van der Waals surface area contributed by atoms with E-state index in [0.29, 0.717) is 0 Å². The fourth-order valence-electron chi connectivity index (χ4n) is 1.35. The predicted molar refractivity (Wildman–Crippen MR) is 63.8 cm³/mol. The van der Waals surface area contributed by atoms with Gasteiger partial charge in [-0.3, -0.25) is 0 Å². The van der Waals surface area contributed by atoms with Crippen molar-refractivity contribution < 1.29 is 8.42 Å². The molecular formula is C11H13N3O2S. The second-order valence-corrected chi connectivity index (χ2v) is 5.46. The average molecular weight is 251 g/mol. The number of aromatic amines is 1. The maximum absolute atomic E-state index is 11.8. The van der Waals surface area contributed by atoms with Crippen LogP contribution in [0.2, 0.25) is 0 Å². The fourth-order valence-corrected chi connectivity index (χ4v) is 2.27. The van der Waals surface area contributed by atoms with Crippen LogP contribution >= 0.6 is 0 Å². The Bertz CT molecular complexity index is 574. The average Bonchev–Trinajstić information content (AvgIpc) is 2.82. The van der Waals surface area contributed by atoms with Crippen LogP contribution in [0.1, 0.15) is 11.1 Å². The topological polar surface area (TPSA) is 74.8 Å².